The van der Waals surface area contributed by atoms with Crippen LogP contribution in [0.3, 0.4) is 0 Å². The summed E-state index contributed by atoms with van der Waals surface area (Å²) in [7, 11) is 3.98. The number of aromatic nitrogens is 4. The molecule has 1 aromatic carbocycles. The molecule has 0 aliphatic carbocycles. The van der Waals surface area contributed by atoms with E-state index in [-0.39, 0.29) is 5.91 Å². The van der Waals surface area contributed by atoms with E-state index in [1.165, 1.54) is 5.69 Å². The fourth-order valence-corrected chi connectivity index (χ4v) is 4.30. The average Bonchev–Trinajstić information content (AvgIpc) is 3.40. The van der Waals surface area contributed by atoms with Crippen LogP contribution in [0.4, 0.5) is 0 Å². The maximum Gasteiger partial charge on any atom is 0.251 e. The van der Waals surface area contributed by atoms with E-state index in [0.717, 1.165) is 59.3 Å². The third-order valence-corrected chi connectivity index (χ3v) is 5.87. The van der Waals surface area contributed by atoms with Crippen molar-refractivity contribution in [2.45, 2.75) is 19.4 Å². The van der Waals surface area contributed by atoms with Gasteiger partial charge in [-0.05, 0) is 68.9 Å². The van der Waals surface area contributed by atoms with Crippen molar-refractivity contribution in [3.63, 3.8) is 0 Å². The zero-order valence-electron chi connectivity index (χ0n) is 18.4. The Morgan fingerprint density at radius 3 is 2.84 bits per heavy atom. The van der Waals surface area contributed by atoms with Crippen molar-refractivity contribution in [3.05, 3.63) is 66.1 Å². The smallest absolute Gasteiger partial charge is 0.251 e. The van der Waals surface area contributed by atoms with Crippen molar-refractivity contribution in [1.82, 2.24) is 30.0 Å². The monoisotopic (exact) mass is 426 g/mol. The van der Waals surface area contributed by atoms with E-state index in [1.54, 1.807) is 6.20 Å². The molecule has 0 unspecified atom stereocenters. The van der Waals surface area contributed by atoms with Gasteiger partial charge in [-0.15, -0.1) is 0 Å². The number of nitrogens with one attached hydrogen (secondary N) is 1. The number of carbonyl (C=O) groups excluding carboxylic acids is 1. The van der Waals surface area contributed by atoms with Gasteiger partial charge in [-0.2, -0.15) is 5.10 Å². The molecule has 32 heavy (non-hydrogen) atoms. The lowest BCUT2D eigenvalue weighted by Crippen LogP contribution is -2.31. The number of nitrogens with zero attached hydrogens (tertiary/aromatic N) is 5. The van der Waals surface area contributed by atoms with Crippen molar-refractivity contribution in [2.75, 3.05) is 27.2 Å². The standard InChI is InChI=1S/C25H26N6O/c1-30(2)15-13-28-25(32)17-8-9-20-19(16-17)18(10-12-27-20)23-22-7-5-14-31(22)29-24(23)21-6-3-4-11-26-21/h3-4,6,8-12,16H,5,7,13-15H2,1-2H3,(H,28,32). The van der Waals surface area contributed by atoms with Gasteiger partial charge in [-0.25, -0.2) is 0 Å². The summed E-state index contributed by atoms with van der Waals surface area (Å²) in [6.07, 6.45) is 5.68. The Labute approximate surface area is 187 Å². The molecule has 7 nitrogen and oxygen atoms in total. The molecular weight excluding hydrogens is 400 g/mol. The maximum absolute atomic E-state index is 12.8. The zero-order valence-corrected chi connectivity index (χ0v) is 18.4. The molecule has 1 amide bonds. The van der Waals surface area contributed by atoms with Gasteiger partial charge in [0.05, 0.1) is 11.2 Å². The molecule has 1 aliphatic rings. The highest BCUT2D eigenvalue weighted by molar-refractivity contribution is 6.03. The Kier molecular flexibility index (Phi) is 5.41. The van der Waals surface area contributed by atoms with E-state index < -0.39 is 0 Å². The number of fused-ring (bicyclic) bond motifs is 2. The van der Waals surface area contributed by atoms with Gasteiger partial charge < -0.3 is 10.2 Å². The fraction of sp³-hybridized carbons (Fsp3) is 0.280. The maximum atomic E-state index is 12.8. The van der Waals surface area contributed by atoms with E-state index in [0.29, 0.717) is 12.1 Å². The van der Waals surface area contributed by atoms with E-state index in [4.69, 9.17) is 5.10 Å². The van der Waals surface area contributed by atoms with Crippen LogP contribution in [0, 0.1) is 0 Å². The molecule has 0 spiro atoms. The summed E-state index contributed by atoms with van der Waals surface area (Å²) in [5.41, 5.74) is 6.59. The molecule has 4 aromatic rings. The minimum absolute atomic E-state index is 0.0752. The van der Waals surface area contributed by atoms with Crippen LogP contribution in [-0.2, 0) is 13.0 Å². The largest absolute Gasteiger partial charge is 0.351 e. The third-order valence-electron chi connectivity index (χ3n) is 5.87. The molecule has 1 N–H and O–H groups in total. The summed E-state index contributed by atoms with van der Waals surface area (Å²) in [6.45, 7) is 2.31. The first-order valence-corrected chi connectivity index (χ1v) is 10.9. The third kappa shape index (κ3) is 3.76. The van der Waals surface area contributed by atoms with Gasteiger partial charge in [0.2, 0.25) is 0 Å². The molecule has 0 saturated carbocycles. The summed E-state index contributed by atoms with van der Waals surface area (Å²) in [5, 5.41) is 8.86. The molecule has 0 radical (unpaired) electrons. The van der Waals surface area contributed by atoms with Crippen LogP contribution in [0.1, 0.15) is 22.5 Å². The van der Waals surface area contributed by atoms with Crippen molar-refractivity contribution in [2.24, 2.45) is 0 Å². The molecule has 7 heteroatoms. The molecule has 162 valence electrons. The number of amides is 1. The molecule has 3 aromatic heterocycles. The second-order valence-corrected chi connectivity index (χ2v) is 8.36. The molecule has 5 rings (SSSR count). The quantitative estimate of drug-likeness (QED) is 0.511. The predicted octanol–water partition coefficient (Wildman–Crippen LogP) is 3.40. The number of hydrogen-bond acceptors (Lipinski definition) is 5. The highest BCUT2D eigenvalue weighted by Gasteiger charge is 2.25. The minimum Gasteiger partial charge on any atom is -0.351 e. The van der Waals surface area contributed by atoms with Gasteiger partial charge in [0, 0.05) is 54.2 Å². The second kappa shape index (κ2) is 8.51. The SMILES string of the molecule is CN(C)CCNC(=O)c1ccc2nccc(-c3c(-c4ccccn4)nn4c3CCC4)c2c1. The first-order valence-electron chi connectivity index (χ1n) is 10.9. The lowest BCUT2D eigenvalue weighted by Gasteiger charge is -2.12. The van der Waals surface area contributed by atoms with Crippen molar-refractivity contribution < 1.29 is 4.79 Å². The Morgan fingerprint density at radius 1 is 1.12 bits per heavy atom. The van der Waals surface area contributed by atoms with Crippen LogP contribution in [0.15, 0.2) is 54.9 Å². The number of hydrogen-bond donors (Lipinski definition) is 1. The predicted molar refractivity (Wildman–Crippen MR) is 125 cm³/mol. The molecular formula is C25H26N6O. The van der Waals surface area contributed by atoms with Crippen LogP contribution in [0.25, 0.3) is 33.4 Å². The van der Waals surface area contributed by atoms with Gasteiger partial charge in [0.1, 0.15) is 5.69 Å². The number of pyridine rings is 2. The molecule has 4 heterocycles. The van der Waals surface area contributed by atoms with E-state index in [1.807, 2.05) is 67.7 Å². The van der Waals surface area contributed by atoms with E-state index in [9.17, 15) is 4.79 Å². The summed E-state index contributed by atoms with van der Waals surface area (Å²) in [4.78, 5) is 23.9. The Morgan fingerprint density at radius 2 is 2.03 bits per heavy atom. The normalized spacial score (nSPS) is 13.0. The fourth-order valence-electron chi connectivity index (χ4n) is 4.30. The van der Waals surface area contributed by atoms with Gasteiger partial charge >= 0.3 is 0 Å². The first kappa shape index (κ1) is 20.3. The van der Waals surface area contributed by atoms with Gasteiger partial charge in [0.15, 0.2) is 0 Å². The topological polar surface area (TPSA) is 75.9 Å². The van der Waals surface area contributed by atoms with Crippen molar-refractivity contribution >= 4 is 16.8 Å². The lowest BCUT2D eigenvalue weighted by molar-refractivity contribution is 0.0951. The summed E-state index contributed by atoms with van der Waals surface area (Å²) in [6, 6.07) is 13.6. The summed E-state index contributed by atoms with van der Waals surface area (Å²) in [5.74, 6) is -0.0752. The van der Waals surface area contributed by atoms with Gasteiger partial charge in [0.25, 0.3) is 5.91 Å². The number of benzene rings is 1. The van der Waals surface area contributed by atoms with Crippen LogP contribution in [0.5, 0.6) is 0 Å². The highest BCUT2D eigenvalue weighted by Crippen LogP contribution is 2.39. The minimum atomic E-state index is -0.0752. The van der Waals surface area contributed by atoms with E-state index >= 15 is 0 Å². The highest BCUT2D eigenvalue weighted by atomic mass is 16.1. The molecule has 0 fully saturated rings. The number of rotatable bonds is 6. The first-order chi connectivity index (χ1) is 15.6. The molecule has 0 saturated heterocycles. The van der Waals surface area contributed by atoms with Crippen LogP contribution < -0.4 is 5.32 Å². The molecule has 1 aliphatic heterocycles. The van der Waals surface area contributed by atoms with E-state index in [2.05, 4.69) is 20.0 Å². The van der Waals surface area contributed by atoms with Crippen molar-refractivity contribution in [1.29, 1.82) is 0 Å². The Hall–Kier alpha value is -3.58. The number of aryl methyl sites for hydroxylation is 1. The van der Waals surface area contributed by atoms with Crippen LogP contribution in [0.2, 0.25) is 0 Å². The molecule has 0 bridgehead atoms. The van der Waals surface area contributed by atoms with Crippen LogP contribution in [-0.4, -0.2) is 57.7 Å². The van der Waals surface area contributed by atoms with Crippen LogP contribution >= 0.6 is 0 Å². The Bertz CT molecular complexity index is 1280. The lowest BCUT2D eigenvalue weighted by atomic mass is 9.95. The van der Waals surface area contributed by atoms with Gasteiger partial charge in [-0.3, -0.25) is 19.4 Å². The average molecular weight is 427 g/mol. The van der Waals surface area contributed by atoms with Gasteiger partial charge in [-0.1, -0.05) is 6.07 Å². The number of carbonyl (C=O) groups is 1. The summed E-state index contributed by atoms with van der Waals surface area (Å²) >= 11 is 0. The summed E-state index contributed by atoms with van der Waals surface area (Å²) < 4.78 is 2.10. The molecule has 0 atom stereocenters. The number of likely N-dealkylation sites (N-methyl/N-ethyl adjacent to an activating group) is 1. The zero-order chi connectivity index (χ0) is 22.1. The Balaban J connectivity index is 1.62. The second-order valence-electron chi connectivity index (χ2n) is 8.36. The van der Waals surface area contributed by atoms with Crippen molar-refractivity contribution in [3.8, 4) is 22.5 Å².